The molecule has 0 spiro atoms. The zero-order valence-electron chi connectivity index (χ0n) is 18.2. The number of fused-ring (bicyclic) bond motifs is 1. The van der Waals surface area contributed by atoms with Crippen LogP contribution in [-0.4, -0.2) is 92.9 Å². The van der Waals surface area contributed by atoms with Crippen molar-refractivity contribution in [3.63, 3.8) is 0 Å². The second kappa shape index (κ2) is 9.84. The fourth-order valence-corrected chi connectivity index (χ4v) is 3.48. The van der Waals surface area contributed by atoms with Crippen molar-refractivity contribution in [2.24, 2.45) is 5.92 Å². The van der Waals surface area contributed by atoms with Gasteiger partial charge in [0.1, 0.15) is 24.7 Å². The molecule has 3 atom stereocenters. The standard InChI is InChI=1S/C20H29N7O4/c1-13-8-27(14(2)11-28)20(30)16-7-15(22-19(29)10-26-12-21-23-24-26)5-6-17(16)31-18(13)9-25(3)4/h5-7,12-14,18,28H,8-11H2,1-4H3,(H,22,29)/t13-,14-,18+/m1/s1. The van der Waals surface area contributed by atoms with Gasteiger partial charge in [-0.1, -0.05) is 6.92 Å². The van der Waals surface area contributed by atoms with Crippen LogP contribution in [0.1, 0.15) is 24.2 Å². The van der Waals surface area contributed by atoms with Crippen LogP contribution in [-0.2, 0) is 11.3 Å². The number of carbonyl (C=O) groups excluding carboxylic acids is 2. The molecule has 168 valence electrons. The fourth-order valence-electron chi connectivity index (χ4n) is 3.48. The normalized spacial score (nSPS) is 19.9. The van der Waals surface area contributed by atoms with E-state index in [1.807, 2.05) is 32.8 Å². The van der Waals surface area contributed by atoms with E-state index in [1.54, 1.807) is 23.1 Å². The third-order valence-corrected chi connectivity index (χ3v) is 5.19. The van der Waals surface area contributed by atoms with Gasteiger partial charge in [0, 0.05) is 24.7 Å². The van der Waals surface area contributed by atoms with Crippen molar-refractivity contribution in [1.29, 1.82) is 0 Å². The Hall–Kier alpha value is -3.05. The van der Waals surface area contributed by atoms with E-state index >= 15 is 0 Å². The highest BCUT2D eigenvalue weighted by atomic mass is 16.5. The zero-order valence-corrected chi connectivity index (χ0v) is 18.2. The average molecular weight is 431 g/mol. The first kappa shape index (κ1) is 22.6. The number of ether oxygens (including phenoxy) is 1. The first-order valence-electron chi connectivity index (χ1n) is 10.2. The Morgan fingerprint density at radius 1 is 1.42 bits per heavy atom. The van der Waals surface area contributed by atoms with E-state index in [-0.39, 0.29) is 43.0 Å². The lowest BCUT2D eigenvalue weighted by Crippen LogP contribution is -2.49. The highest BCUT2D eigenvalue weighted by molar-refractivity contribution is 5.99. The van der Waals surface area contributed by atoms with Crippen LogP contribution in [0.15, 0.2) is 24.5 Å². The van der Waals surface area contributed by atoms with Crippen molar-refractivity contribution in [3.8, 4) is 5.75 Å². The Morgan fingerprint density at radius 2 is 2.19 bits per heavy atom. The van der Waals surface area contributed by atoms with Gasteiger partial charge in [-0.3, -0.25) is 9.59 Å². The molecule has 1 aliphatic heterocycles. The molecule has 0 unspecified atom stereocenters. The molecule has 0 saturated heterocycles. The molecule has 11 nitrogen and oxygen atoms in total. The van der Waals surface area contributed by atoms with E-state index in [4.69, 9.17) is 4.74 Å². The lowest BCUT2D eigenvalue weighted by molar-refractivity contribution is -0.116. The predicted molar refractivity (Wildman–Crippen MR) is 113 cm³/mol. The van der Waals surface area contributed by atoms with Crippen molar-refractivity contribution in [2.75, 3.05) is 39.1 Å². The maximum atomic E-state index is 13.3. The van der Waals surface area contributed by atoms with Gasteiger partial charge in [0.05, 0.1) is 18.2 Å². The van der Waals surface area contributed by atoms with Gasteiger partial charge < -0.3 is 25.0 Å². The van der Waals surface area contributed by atoms with E-state index in [2.05, 4.69) is 20.8 Å². The largest absolute Gasteiger partial charge is 0.488 e. The summed E-state index contributed by atoms with van der Waals surface area (Å²) in [5.41, 5.74) is 0.805. The maximum Gasteiger partial charge on any atom is 0.258 e. The predicted octanol–water partition coefficient (Wildman–Crippen LogP) is 0.0935. The summed E-state index contributed by atoms with van der Waals surface area (Å²) in [5, 5.41) is 23.1. The molecule has 3 rings (SSSR count). The highest BCUT2D eigenvalue weighted by Gasteiger charge is 2.33. The first-order chi connectivity index (χ1) is 14.8. The maximum absolute atomic E-state index is 13.3. The van der Waals surface area contributed by atoms with Crippen molar-refractivity contribution < 1.29 is 19.4 Å². The number of amides is 2. The quantitative estimate of drug-likeness (QED) is 0.632. The molecule has 0 fully saturated rings. The highest BCUT2D eigenvalue weighted by Crippen LogP contribution is 2.30. The molecule has 11 heteroatoms. The summed E-state index contributed by atoms with van der Waals surface area (Å²) in [4.78, 5) is 29.3. The fraction of sp³-hybridized carbons (Fsp3) is 0.550. The lowest BCUT2D eigenvalue weighted by Gasteiger charge is -2.37. The summed E-state index contributed by atoms with van der Waals surface area (Å²) in [6.07, 6.45) is 1.20. The Kier molecular flexibility index (Phi) is 7.18. The number of carbonyl (C=O) groups is 2. The number of tetrazole rings is 1. The Bertz CT molecular complexity index is 903. The Labute approximate surface area is 181 Å². The van der Waals surface area contributed by atoms with Crippen molar-refractivity contribution in [3.05, 3.63) is 30.1 Å². The average Bonchev–Trinajstić information content (AvgIpc) is 3.23. The molecule has 0 saturated carbocycles. The Balaban J connectivity index is 1.90. The summed E-state index contributed by atoms with van der Waals surface area (Å²) in [6.45, 7) is 4.79. The number of likely N-dealkylation sites (N-methyl/N-ethyl adjacent to an activating group) is 1. The van der Waals surface area contributed by atoms with Crippen LogP contribution in [0.4, 0.5) is 5.69 Å². The van der Waals surface area contributed by atoms with Crippen LogP contribution in [0.2, 0.25) is 0 Å². The van der Waals surface area contributed by atoms with Crippen LogP contribution in [0, 0.1) is 5.92 Å². The first-order valence-corrected chi connectivity index (χ1v) is 10.2. The topological polar surface area (TPSA) is 126 Å². The number of hydrogen-bond acceptors (Lipinski definition) is 8. The van der Waals surface area contributed by atoms with Crippen LogP contribution in [0.3, 0.4) is 0 Å². The van der Waals surface area contributed by atoms with E-state index < -0.39 is 0 Å². The molecular formula is C20H29N7O4. The number of benzene rings is 1. The van der Waals surface area contributed by atoms with E-state index in [1.165, 1.54) is 11.0 Å². The molecule has 2 amide bonds. The van der Waals surface area contributed by atoms with Crippen LogP contribution in [0.5, 0.6) is 5.75 Å². The summed E-state index contributed by atoms with van der Waals surface area (Å²) in [5.74, 6) is -0.0596. The van der Waals surface area contributed by atoms with E-state index in [9.17, 15) is 14.7 Å². The number of aliphatic hydroxyl groups is 1. The van der Waals surface area contributed by atoms with Gasteiger partial charge in [0.15, 0.2) is 0 Å². The number of aliphatic hydroxyl groups excluding tert-OH is 1. The SMILES string of the molecule is C[C@@H]1CN([C@H](C)CO)C(=O)c2cc(NC(=O)Cn3cnnn3)ccc2O[C@H]1CN(C)C. The van der Waals surface area contributed by atoms with Gasteiger partial charge in [-0.25, -0.2) is 4.68 Å². The van der Waals surface area contributed by atoms with Crippen molar-refractivity contribution in [2.45, 2.75) is 32.5 Å². The van der Waals surface area contributed by atoms with Gasteiger partial charge in [-0.2, -0.15) is 0 Å². The summed E-state index contributed by atoms with van der Waals surface area (Å²) < 4.78 is 7.54. The smallest absolute Gasteiger partial charge is 0.258 e. The van der Waals surface area contributed by atoms with Gasteiger partial charge in [0.2, 0.25) is 5.91 Å². The monoisotopic (exact) mass is 431 g/mol. The lowest BCUT2D eigenvalue weighted by atomic mass is 9.99. The minimum Gasteiger partial charge on any atom is -0.488 e. The third-order valence-electron chi connectivity index (χ3n) is 5.19. The Morgan fingerprint density at radius 3 is 2.84 bits per heavy atom. The molecule has 1 aromatic heterocycles. The second-order valence-electron chi connectivity index (χ2n) is 8.15. The summed E-state index contributed by atoms with van der Waals surface area (Å²) in [7, 11) is 3.94. The number of rotatable bonds is 7. The number of nitrogens with zero attached hydrogens (tertiary/aromatic N) is 6. The van der Waals surface area contributed by atoms with Crippen LogP contribution >= 0.6 is 0 Å². The molecule has 2 N–H and O–H groups in total. The van der Waals surface area contributed by atoms with Crippen molar-refractivity contribution >= 4 is 17.5 Å². The molecule has 0 radical (unpaired) electrons. The van der Waals surface area contributed by atoms with Gasteiger partial charge in [-0.05, 0) is 49.6 Å². The summed E-state index contributed by atoms with van der Waals surface area (Å²) >= 11 is 0. The molecule has 1 aliphatic rings. The van der Waals surface area contributed by atoms with Crippen LogP contribution < -0.4 is 10.1 Å². The molecule has 31 heavy (non-hydrogen) atoms. The molecular weight excluding hydrogens is 402 g/mol. The number of nitrogens with one attached hydrogen (secondary N) is 1. The zero-order chi connectivity index (χ0) is 22.5. The van der Waals surface area contributed by atoms with Crippen molar-refractivity contribution in [1.82, 2.24) is 30.0 Å². The van der Waals surface area contributed by atoms with Crippen LogP contribution in [0.25, 0.3) is 0 Å². The molecule has 2 heterocycles. The molecule has 0 aliphatic carbocycles. The van der Waals surface area contributed by atoms with Gasteiger partial charge in [0.25, 0.3) is 5.91 Å². The molecule has 0 bridgehead atoms. The van der Waals surface area contributed by atoms with Gasteiger partial charge >= 0.3 is 0 Å². The summed E-state index contributed by atoms with van der Waals surface area (Å²) in [6, 6.07) is 4.65. The van der Waals surface area contributed by atoms with E-state index in [0.29, 0.717) is 30.1 Å². The molecule has 2 aromatic rings. The minimum atomic E-state index is -0.348. The molecule has 1 aromatic carbocycles. The van der Waals surface area contributed by atoms with E-state index in [0.717, 1.165) is 0 Å². The second-order valence-corrected chi connectivity index (χ2v) is 8.15. The number of anilines is 1. The number of hydrogen-bond donors (Lipinski definition) is 2. The number of aromatic nitrogens is 4. The third kappa shape index (κ3) is 5.56. The minimum absolute atomic E-state index is 0.0510. The van der Waals surface area contributed by atoms with Gasteiger partial charge in [-0.15, -0.1) is 5.10 Å².